The number of nitrogens with one attached hydrogen (secondary N) is 1. The van der Waals surface area contributed by atoms with Crippen LogP contribution in [0.25, 0.3) is 0 Å². The molecule has 0 aromatic carbocycles. The van der Waals surface area contributed by atoms with Crippen molar-refractivity contribution in [3.8, 4) is 0 Å². The Kier molecular flexibility index (Phi) is 11.1. The quantitative estimate of drug-likeness (QED) is 0.245. The monoisotopic (exact) mass is 475 g/mol. The van der Waals surface area contributed by atoms with Crippen LogP contribution < -0.4 is 5.32 Å². The lowest BCUT2D eigenvalue weighted by molar-refractivity contribution is 0.146. The summed E-state index contributed by atoms with van der Waals surface area (Å²) in [6.07, 6.45) is 5.16. The standard InChI is InChI=1S/C19H29N3O3.HI/c1-4-23-12-6-10-20-19(21-11-8-18-7-5-13-25-18)22(3)15-17-9-14-24-16(17)2;/h5,7,9,13-14H,4,6,8,10-12,15H2,1-3H3,(H,20,21);1H. The zero-order valence-corrected chi connectivity index (χ0v) is 18.2. The average molecular weight is 475 g/mol. The summed E-state index contributed by atoms with van der Waals surface area (Å²) in [7, 11) is 2.04. The number of rotatable bonds is 10. The van der Waals surface area contributed by atoms with Gasteiger partial charge < -0.3 is 23.8 Å². The van der Waals surface area contributed by atoms with Crippen molar-refractivity contribution in [1.82, 2.24) is 10.2 Å². The fourth-order valence-corrected chi connectivity index (χ4v) is 2.47. The first-order valence-electron chi connectivity index (χ1n) is 8.83. The van der Waals surface area contributed by atoms with Gasteiger partial charge in [-0.15, -0.1) is 24.0 Å². The molecule has 0 saturated heterocycles. The normalized spacial score (nSPS) is 11.3. The van der Waals surface area contributed by atoms with Gasteiger partial charge in [-0.25, -0.2) is 0 Å². The van der Waals surface area contributed by atoms with Gasteiger partial charge in [-0.05, 0) is 38.5 Å². The first kappa shape index (κ1) is 22.6. The lowest BCUT2D eigenvalue weighted by atomic mass is 10.2. The number of halogens is 1. The average Bonchev–Trinajstić information content (AvgIpc) is 3.25. The molecule has 0 radical (unpaired) electrons. The van der Waals surface area contributed by atoms with Crippen molar-refractivity contribution in [2.75, 3.05) is 33.4 Å². The molecular formula is C19H30IN3O3. The van der Waals surface area contributed by atoms with E-state index in [2.05, 4.69) is 10.2 Å². The SMILES string of the molecule is CCOCCCN=C(NCCc1ccco1)N(C)Cc1ccoc1C.I. The zero-order chi connectivity index (χ0) is 17.9. The lowest BCUT2D eigenvalue weighted by Gasteiger charge is -2.22. The van der Waals surface area contributed by atoms with Crippen LogP contribution in [0.5, 0.6) is 0 Å². The predicted octanol–water partition coefficient (Wildman–Crippen LogP) is 3.85. The van der Waals surface area contributed by atoms with E-state index in [1.165, 1.54) is 0 Å². The van der Waals surface area contributed by atoms with Crippen LogP contribution in [0.15, 0.2) is 44.6 Å². The zero-order valence-electron chi connectivity index (χ0n) is 15.9. The molecular weight excluding hydrogens is 445 g/mol. The van der Waals surface area contributed by atoms with E-state index in [0.717, 1.165) is 68.7 Å². The second-order valence-electron chi connectivity index (χ2n) is 5.87. The third kappa shape index (κ3) is 7.82. The molecule has 0 aliphatic carbocycles. The smallest absolute Gasteiger partial charge is 0.193 e. The fraction of sp³-hybridized carbons (Fsp3) is 0.526. The molecule has 2 rings (SSSR count). The van der Waals surface area contributed by atoms with E-state index in [1.54, 1.807) is 12.5 Å². The Morgan fingerprint density at radius 1 is 1.27 bits per heavy atom. The lowest BCUT2D eigenvalue weighted by Crippen LogP contribution is -2.39. The number of furan rings is 2. The minimum absolute atomic E-state index is 0. The number of aliphatic imine (C=N–C) groups is 1. The van der Waals surface area contributed by atoms with Crippen LogP contribution in [-0.4, -0.2) is 44.2 Å². The molecule has 2 heterocycles. The molecule has 2 aromatic heterocycles. The Hall–Kier alpha value is -1.48. The Bertz CT molecular complexity index is 626. The van der Waals surface area contributed by atoms with Gasteiger partial charge in [0.05, 0.1) is 12.5 Å². The highest BCUT2D eigenvalue weighted by Gasteiger charge is 2.10. The maximum Gasteiger partial charge on any atom is 0.193 e. The summed E-state index contributed by atoms with van der Waals surface area (Å²) >= 11 is 0. The first-order valence-corrected chi connectivity index (χ1v) is 8.83. The van der Waals surface area contributed by atoms with E-state index < -0.39 is 0 Å². The van der Waals surface area contributed by atoms with Gasteiger partial charge in [0.25, 0.3) is 0 Å². The van der Waals surface area contributed by atoms with Crippen LogP contribution in [0.3, 0.4) is 0 Å². The molecule has 0 spiro atoms. The summed E-state index contributed by atoms with van der Waals surface area (Å²) in [5.74, 6) is 2.79. The number of ether oxygens (including phenoxy) is 1. The summed E-state index contributed by atoms with van der Waals surface area (Å²) in [6, 6.07) is 5.90. The van der Waals surface area contributed by atoms with Crippen molar-refractivity contribution < 1.29 is 13.6 Å². The Morgan fingerprint density at radius 3 is 2.77 bits per heavy atom. The third-order valence-corrected chi connectivity index (χ3v) is 3.88. The van der Waals surface area contributed by atoms with E-state index in [0.29, 0.717) is 0 Å². The number of hydrogen-bond acceptors (Lipinski definition) is 4. The van der Waals surface area contributed by atoms with Crippen molar-refractivity contribution in [1.29, 1.82) is 0 Å². The number of aryl methyl sites for hydroxylation is 1. The molecule has 0 amide bonds. The van der Waals surface area contributed by atoms with Crippen molar-refractivity contribution >= 4 is 29.9 Å². The van der Waals surface area contributed by atoms with Crippen molar-refractivity contribution in [2.45, 2.75) is 33.2 Å². The van der Waals surface area contributed by atoms with E-state index in [1.807, 2.05) is 39.1 Å². The van der Waals surface area contributed by atoms with E-state index in [4.69, 9.17) is 18.6 Å². The van der Waals surface area contributed by atoms with Gasteiger partial charge in [0, 0.05) is 51.9 Å². The van der Waals surface area contributed by atoms with Gasteiger partial charge in [-0.2, -0.15) is 0 Å². The van der Waals surface area contributed by atoms with Gasteiger partial charge in [-0.1, -0.05) is 0 Å². The molecule has 146 valence electrons. The number of hydrogen-bond donors (Lipinski definition) is 1. The Balaban J connectivity index is 0.00000338. The minimum atomic E-state index is 0. The van der Waals surface area contributed by atoms with Gasteiger partial charge in [-0.3, -0.25) is 4.99 Å². The largest absolute Gasteiger partial charge is 0.469 e. The summed E-state index contributed by atoms with van der Waals surface area (Å²) in [5, 5.41) is 3.43. The van der Waals surface area contributed by atoms with Crippen LogP contribution in [0, 0.1) is 6.92 Å². The molecule has 0 aliphatic heterocycles. The van der Waals surface area contributed by atoms with Crippen molar-refractivity contribution in [2.24, 2.45) is 4.99 Å². The topological polar surface area (TPSA) is 63.1 Å². The summed E-state index contributed by atoms with van der Waals surface area (Å²) < 4.78 is 16.1. The molecule has 26 heavy (non-hydrogen) atoms. The van der Waals surface area contributed by atoms with E-state index in [9.17, 15) is 0 Å². The van der Waals surface area contributed by atoms with E-state index >= 15 is 0 Å². The second-order valence-corrected chi connectivity index (χ2v) is 5.87. The fourth-order valence-electron chi connectivity index (χ4n) is 2.47. The maximum atomic E-state index is 5.38. The molecule has 7 heteroatoms. The third-order valence-electron chi connectivity index (χ3n) is 3.88. The van der Waals surface area contributed by atoms with Gasteiger partial charge in [0.15, 0.2) is 5.96 Å². The molecule has 0 atom stereocenters. The molecule has 2 aromatic rings. The van der Waals surface area contributed by atoms with Crippen molar-refractivity contribution in [3.63, 3.8) is 0 Å². The van der Waals surface area contributed by atoms with Crippen LogP contribution in [0.1, 0.15) is 30.4 Å². The van der Waals surface area contributed by atoms with Crippen LogP contribution in [-0.2, 0) is 17.7 Å². The maximum absolute atomic E-state index is 5.38. The Labute approximate surface area is 173 Å². The minimum Gasteiger partial charge on any atom is -0.469 e. The van der Waals surface area contributed by atoms with Crippen molar-refractivity contribution in [3.05, 3.63) is 47.8 Å². The molecule has 0 bridgehead atoms. The van der Waals surface area contributed by atoms with Gasteiger partial charge in [0.1, 0.15) is 11.5 Å². The molecule has 0 unspecified atom stereocenters. The highest BCUT2D eigenvalue weighted by atomic mass is 127. The highest BCUT2D eigenvalue weighted by Crippen LogP contribution is 2.11. The number of nitrogens with zero attached hydrogens (tertiary/aromatic N) is 2. The highest BCUT2D eigenvalue weighted by molar-refractivity contribution is 14.0. The second kappa shape index (κ2) is 12.8. The van der Waals surface area contributed by atoms with Gasteiger partial charge >= 0.3 is 0 Å². The molecule has 0 aliphatic rings. The first-order chi connectivity index (χ1) is 12.2. The van der Waals surface area contributed by atoms with Crippen LogP contribution in [0.4, 0.5) is 0 Å². The molecule has 0 saturated carbocycles. The predicted molar refractivity (Wildman–Crippen MR) is 114 cm³/mol. The number of guanidine groups is 1. The van der Waals surface area contributed by atoms with E-state index in [-0.39, 0.29) is 24.0 Å². The summed E-state index contributed by atoms with van der Waals surface area (Å²) in [6.45, 7) is 7.73. The summed E-state index contributed by atoms with van der Waals surface area (Å²) in [4.78, 5) is 6.83. The van der Waals surface area contributed by atoms with Crippen LogP contribution >= 0.6 is 24.0 Å². The van der Waals surface area contributed by atoms with Crippen LogP contribution in [0.2, 0.25) is 0 Å². The summed E-state index contributed by atoms with van der Waals surface area (Å²) in [5.41, 5.74) is 1.16. The molecule has 0 fully saturated rings. The molecule has 1 N–H and O–H groups in total. The molecule has 6 nitrogen and oxygen atoms in total. The van der Waals surface area contributed by atoms with Gasteiger partial charge in [0.2, 0.25) is 0 Å². The Morgan fingerprint density at radius 2 is 2.12 bits per heavy atom.